The van der Waals surface area contributed by atoms with Crippen LogP contribution in [0.25, 0.3) is 10.1 Å². The van der Waals surface area contributed by atoms with Gasteiger partial charge >= 0.3 is 0 Å². The van der Waals surface area contributed by atoms with Crippen molar-refractivity contribution in [2.24, 2.45) is 0 Å². The molecule has 1 unspecified atom stereocenters. The molecule has 0 fully saturated rings. The molecule has 3 rings (SSSR count). The van der Waals surface area contributed by atoms with Gasteiger partial charge < -0.3 is 5.32 Å². The summed E-state index contributed by atoms with van der Waals surface area (Å²) >= 11 is 1.79. The Labute approximate surface area is 153 Å². The van der Waals surface area contributed by atoms with Gasteiger partial charge in [-0.25, -0.2) is 0 Å². The molecular formula is C21H24N2OS. The molecule has 3 aromatic rings. The van der Waals surface area contributed by atoms with Gasteiger partial charge in [-0.3, -0.25) is 9.78 Å². The van der Waals surface area contributed by atoms with Gasteiger partial charge in [-0.15, -0.1) is 11.3 Å². The van der Waals surface area contributed by atoms with Crippen LogP contribution in [0.3, 0.4) is 0 Å². The van der Waals surface area contributed by atoms with Gasteiger partial charge in [0.2, 0.25) is 5.91 Å². The number of nitrogens with zero attached hydrogens (tertiary/aromatic N) is 1. The van der Waals surface area contributed by atoms with Crippen LogP contribution in [0.4, 0.5) is 0 Å². The van der Waals surface area contributed by atoms with Gasteiger partial charge in [0.25, 0.3) is 0 Å². The number of hydrogen-bond donors (Lipinski definition) is 1. The van der Waals surface area contributed by atoms with Gasteiger partial charge in [0.15, 0.2) is 0 Å². The van der Waals surface area contributed by atoms with E-state index >= 15 is 0 Å². The second-order valence-electron chi connectivity index (χ2n) is 5.83. The van der Waals surface area contributed by atoms with Gasteiger partial charge in [0, 0.05) is 23.1 Å². The number of rotatable bonds is 6. The van der Waals surface area contributed by atoms with E-state index in [1.54, 1.807) is 17.5 Å². The third-order valence-corrected chi connectivity index (χ3v) is 4.66. The first-order valence-corrected chi connectivity index (χ1v) is 9.31. The zero-order valence-corrected chi connectivity index (χ0v) is 15.3. The van der Waals surface area contributed by atoms with E-state index in [0.29, 0.717) is 0 Å². The molecule has 25 heavy (non-hydrogen) atoms. The van der Waals surface area contributed by atoms with E-state index in [-0.39, 0.29) is 11.9 Å². The van der Waals surface area contributed by atoms with Crippen LogP contribution >= 0.6 is 11.3 Å². The molecule has 1 aromatic carbocycles. The zero-order chi connectivity index (χ0) is 17.9. The maximum absolute atomic E-state index is 11.0. The Hall–Kier alpha value is -2.46. The summed E-state index contributed by atoms with van der Waals surface area (Å²) in [6, 6.07) is 14.7. The average Bonchev–Trinajstić information content (AvgIpc) is 3.12. The SMILES string of the molecule is C=CC(=O)NC(C)CCCc1cccnc1.c1ccc2sccc2c1. The molecule has 1 amide bonds. The Kier molecular flexibility index (Phi) is 7.86. The Morgan fingerprint density at radius 3 is 2.84 bits per heavy atom. The molecule has 4 heteroatoms. The fourth-order valence-electron chi connectivity index (χ4n) is 2.44. The standard InChI is InChI=1S/C13H18N2O.C8H6S/c1-3-13(16)15-11(2)6-4-7-12-8-5-9-14-10-12;1-2-4-8-7(3-1)5-6-9-8/h3,5,8-11H,1,4,6-7H2,2H3,(H,15,16);1-6H. The van der Waals surface area contributed by atoms with E-state index in [4.69, 9.17) is 0 Å². The number of pyridine rings is 1. The molecule has 130 valence electrons. The summed E-state index contributed by atoms with van der Waals surface area (Å²) in [6.07, 6.45) is 7.97. The van der Waals surface area contributed by atoms with Gasteiger partial charge in [0.1, 0.15) is 0 Å². The summed E-state index contributed by atoms with van der Waals surface area (Å²) in [6.45, 7) is 5.43. The van der Waals surface area contributed by atoms with Crippen LogP contribution in [0.1, 0.15) is 25.3 Å². The monoisotopic (exact) mass is 352 g/mol. The lowest BCUT2D eigenvalue weighted by atomic mass is 10.1. The topological polar surface area (TPSA) is 42.0 Å². The van der Waals surface area contributed by atoms with Crippen molar-refractivity contribution in [1.29, 1.82) is 0 Å². The molecular weight excluding hydrogens is 328 g/mol. The Balaban J connectivity index is 0.000000208. The second-order valence-corrected chi connectivity index (χ2v) is 6.77. The summed E-state index contributed by atoms with van der Waals surface area (Å²) < 4.78 is 1.37. The first-order valence-electron chi connectivity index (χ1n) is 8.43. The van der Waals surface area contributed by atoms with Gasteiger partial charge in [-0.2, -0.15) is 0 Å². The van der Waals surface area contributed by atoms with Crippen molar-refractivity contribution < 1.29 is 4.79 Å². The Bertz CT molecular complexity index is 752. The molecule has 3 nitrogen and oxygen atoms in total. The van der Waals surface area contributed by atoms with E-state index in [0.717, 1.165) is 19.3 Å². The minimum atomic E-state index is -0.103. The Morgan fingerprint density at radius 2 is 2.12 bits per heavy atom. The number of benzene rings is 1. The number of carbonyl (C=O) groups excluding carboxylic acids is 1. The molecule has 1 N–H and O–H groups in total. The molecule has 1 atom stereocenters. The maximum Gasteiger partial charge on any atom is 0.243 e. The zero-order valence-electron chi connectivity index (χ0n) is 14.5. The lowest BCUT2D eigenvalue weighted by Gasteiger charge is -2.11. The third kappa shape index (κ3) is 6.89. The minimum absolute atomic E-state index is 0.103. The number of fused-ring (bicyclic) bond motifs is 1. The highest BCUT2D eigenvalue weighted by molar-refractivity contribution is 7.17. The van der Waals surface area contributed by atoms with Crippen LogP contribution in [0.2, 0.25) is 0 Å². The summed E-state index contributed by atoms with van der Waals surface area (Å²) in [7, 11) is 0. The van der Waals surface area contributed by atoms with Crippen molar-refractivity contribution in [3.63, 3.8) is 0 Å². The van der Waals surface area contributed by atoms with Crippen LogP contribution < -0.4 is 5.32 Å². The van der Waals surface area contributed by atoms with Crippen molar-refractivity contribution in [3.05, 3.63) is 78.5 Å². The molecule has 2 heterocycles. The van der Waals surface area contributed by atoms with Gasteiger partial charge in [0.05, 0.1) is 0 Å². The predicted octanol–water partition coefficient (Wildman–Crippen LogP) is 5.00. The highest BCUT2D eigenvalue weighted by atomic mass is 32.1. The molecule has 0 saturated carbocycles. The number of amides is 1. The molecule has 0 spiro atoms. The number of aryl methyl sites for hydroxylation is 1. The van der Waals surface area contributed by atoms with Crippen molar-refractivity contribution in [3.8, 4) is 0 Å². The van der Waals surface area contributed by atoms with E-state index in [2.05, 4.69) is 58.7 Å². The smallest absolute Gasteiger partial charge is 0.243 e. The van der Waals surface area contributed by atoms with Gasteiger partial charge in [-0.1, -0.05) is 30.8 Å². The quantitative estimate of drug-likeness (QED) is 0.635. The van der Waals surface area contributed by atoms with E-state index < -0.39 is 0 Å². The molecule has 0 aliphatic carbocycles. The van der Waals surface area contributed by atoms with Crippen LogP contribution in [0.15, 0.2) is 72.9 Å². The average molecular weight is 353 g/mol. The first kappa shape index (κ1) is 18.9. The molecule has 0 aliphatic heterocycles. The third-order valence-electron chi connectivity index (χ3n) is 3.76. The summed E-state index contributed by atoms with van der Waals surface area (Å²) in [5.74, 6) is -0.103. The largest absolute Gasteiger partial charge is 0.350 e. The molecule has 2 aromatic heterocycles. The molecule has 0 bridgehead atoms. The molecule has 0 saturated heterocycles. The fraction of sp³-hybridized carbons (Fsp3) is 0.238. The molecule has 0 radical (unpaired) electrons. The predicted molar refractivity (Wildman–Crippen MR) is 107 cm³/mol. The first-order chi connectivity index (χ1) is 12.2. The highest BCUT2D eigenvalue weighted by Crippen LogP contribution is 2.18. The summed E-state index contributed by atoms with van der Waals surface area (Å²) in [5, 5.41) is 6.31. The second kappa shape index (κ2) is 10.4. The van der Waals surface area contributed by atoms with Crippen molar-refractivity contribution in [2.45, 2.75) is 32.2 Å². The fourth-order valence-corrected chi connectivity index (χ4v) is 3.23. The maximum atomic E-state index is 11.0. The van der Waals surface area contributed by atoms with Crippen molar-refractivity contribution >= 4 is 27.3 Å². The number of nitrogens with one attached hydrogen (secondary N) is 1. The van der Waals surface area contributed by atoms with Crippen LogP contribution in [0, 0.1) is 0 Å². The minimum Gasteiger partial charge on any atom is -0.350 e. The number of carbonyl (C=O) groups is 1. The Morgan fingerprint density at radius 1 is 1.28 bits per heavy atom. The van der Waals surface area contributed by atoms with Gasteiger partial charge in [-0.05, 0) is 66.8 Å². The van der Waals surface area contributed by atoms with Crippen molar-refractivity contribution in [1.82, 2.24) is 10.3 Å². The lowest BCUT2D eigenvalue weighted by molar-refractivity contribution is -0.117. The normalized spacial score (nSPS) is 11.2. The summed E-state index contributed by atoms with van der Waals surface area (Å²) in [4.78, 5) is 15.1. The van der Waals surface area contributed by atoms with E-state index in [1.807, 2.05) is 19.2 Å². The number of thiophene rings is 1. The number of hydrogen-bond acceptors (Lipinski definition) is 3. The van der Waals surface area contributed by atoms with Crippen LogP contribution in [-0.4, -0.2) is 16.9 Å². The lowest BCUT2D eigenvalue weighted by Crippen LogP contribution is -2.30. The van der Waals surface area contributed by atoms with E-state index in [9.17, 15) is 4.79 Å². The highest BCUT2D eigenvalue weighted by Gasteiger charge is 2.03. The van der Waals surface area contributed by atoms with Crippen LogP contribution in [-0.2, 0) is 11.2 Å². The summed E-state index contributed by atoms with van der Waals surface area (Å²) in [5.41, 5.74) is 1.24. The number of aromatic nitrogens is 1. The molecule has 0 aliphatic rings. The van der Waals surface area contributed by atoms with Crippen LogP contribution in [0.5, 0.6) is 0 Å². The van der Waals surface area contributed by atoms with E-state index in [1.165, 1.54) is 21.7 Å². The van der Waals surface area contributed by atoms with Crippen molar-refractivity contribution in [2.75, 3.05) is 0 Å².